The maximum absolute atomic E-state index is 12.9. The number of rotatable bonds is 7. The van der Waals surface area contributed by atoms with Gasteiger partial charge in [0.15, 0.2) is 0 Å². The molecule has 1 aliphatic rings. The maximum atomic E-state index is 12.9. The van der Waals surface area contributed by atoms with E-state index in [1.54, 1.807) is 29.2 Å². The topological polar surface area (TPSA) is 66.9 Å². The molecule has 140 valence electrons. The molecule has 1 amide bonds. The van der Waals surface area contributed by atoms with Gasteiger partial charge in [-0.25, -0.2) is 8.42 Å². The van der Waals surface area contributed by atoms with Crippen LogP contribution in [0.15, 0.2) is 29.2 Å². The van der Waals surface area contributed by atoms with Gasteiger partial charge in [-0.05, 0) is 57.9 Å². The van der Waals surface area contributed by atoms with E-state index in [0.29, 0.717) is 38.4 Å². The molecule has 0 aliphatic carbocycles. The number of nitrogens with zero attached hydrogens (tertiary/aromatic N) is 2. The first-order valence-electron chi connectivity index (χ1n) is 8.95. The second kappa shape index (κ2) is 8.67. The van der Waals surface area contributed by atoms with Crippen LogP contribution in [0, 0.1) is 5.92 Å². The molecule has 0 spiro atoms. The molecule has 1 atom stereocenters. The highest BCUT2D eigenvalue weighted by molar-refractivity contribution is 7.89. The van der Waals surface area contributed by atoms with Crippen LogP contribution in [0.1, 0.15) is 33.6 Å². The number of carbonyl (C=O) groups excluding carboxylic acids is 1. The Hall–Kier alpha value is -1.60. The summed E-state index contributed by atoms with van der Waals surface area (Å²) in [5, 5.41) is 0. The Morgan fingerprint density at radius 2 is 1.84 bits per heavy atom. The minimum absolute atomic E-state index is 0.0524. The van der Waals surface area contributed by atoms with E-state index in [4.69, 9.17) is 4.74 Å². The van der Waals surface area contributed by atoms with Gasteiger partial charge in [-0.3, -0.25) is 4.79 Å². The van der Waals surface area contributed by atoms with E-state index in [1.165, 1.54) is 4.31 Å². The van der Waals surface area contributed by atoms with Crippen molar-refractivity contribution in [3.63, 3.8) is 0 Å². The summed E-state index contributed by atoms with van der Waals surface area (Å²) in [6, 6.07) is 6.46. The van der Waals surface area contributed by atoms with Gasteiger partial charge in [0, 0.05) is 26.2 Å². The highest BCUT2D eigenvalue weighted by Gasteiger charge is 2.34. The third kappa shape index (κ3) is 4.52. The zero-order valence-corrected chi connectivity index (χ0v) is 16.1. The Labute approximate surface area is 150 Å². The second-order valence-corrected chi connectivity index (χ2v) is 8.06. The molecule has 0 saturated carbocycles. The van der Waals surface area contributed by atoms with Crippen LogP contribution in [0.5, 0.6) is 5.75 Å². The first kappa shape index (κ1) is 19.7. The first-order chi connectivity index (χ1) is 11.9. The van der Waals surface area contributed by atoms with Crippen molar-refractivity contribution in [2.24, 2.45) is 5.92 Å². The van der Waals surface area contributed by atoms with Crippen LogP contribution in [0.25, 0.3) is 0 Å². The molecule has 0 aromatic heterocycles. The number of sulfonamides is 1. The molecule has 25 heavy (non-hydrogen) atoms. The molecule has 0 radical (unpaired) electrons. The summed E-state index contributed by atoms with van der Waals surface area (Å²) >= 11 is 0. The third-order valence-electron chi connectivity index (χ3n) is 4.58. The molecule has 1 heterocycles. The van der Waals surface area contributed by atoms with Crippen molar-refractivity contribution in [2.75, 3.05) is 32.8 Å². The molecule has 6 nitrogen and oxygen atoms in total. The van der Waals surface area contributed by atoms with Crippen molar-refractivity contribution in [3.05, 3.63) is 24.3 Å². The Morgan fingerprint density at radius 1 is 1.20 bits per heavy atom. The number of hydrogen-bond acceptors (Lipinski definition) is 4. The molecule has 2 rings (SSSR count). The van der Waals surface area contributed by atoms with Crippen molar-refractivity contribution in [1.82, 2.24) is 9.21 Å². The van der Waals surface area contributed by atoms with Crippen LogP contribution in [-0.4, -0.2) is 56.3 Å². The van der Waals surface area contributed by atoms with Crippen LogP contribution >= 0.6 is 0 Å². The number of ether oxygens (including phenoxy) is 1. The largest absolute Gasteiger partial charge is 0.494 e. The number of carbonyl (C=O) groups is 1. The lowest BCUT2D eigenvalue weighted by Gasteiger charge is -2.33. The Bertz CT molecular complexity index is 669. The van der Waals surface area contributed by atoms with Gasteiger partial charge in [0.05, 0.1) is 17.4 Å². The van der Waals surface area contributed by atoms with Gasteiger partial charge in [-0.1, -0.05) is 0 Å². The van der Waals surface area contributed by atoms with Gasteiger partial charge >= 0.3 is 0 Å². The summed E-state index contributed by atoms with van der Waals surface area (Å²) in [7, 11) is -3.59. The zero-order valence-electron chi connectivity index (χ0n) is 15.3. The van der Waals surface area contributed by atoms with Crippen molar-refractivity contribution < 1.29 is 17.9 Å². The Kier molecular flexibility index (Phi) is 6.84. The lowest BCUT2D eigenvalue weighted by molar-refractivity contribution is -0.136. The molecular formula is C18H28N2O4S. The molecule has 1 aromatic rings. The summed E-state index contributed by atoms with van der Waals surface area (Å²) < 4.78 is 32.6. The molecule has 1 aromatic carbocycles. The molecule has 7 heteroatoms. The van der Waals surface area contributed by atoms with E-state index in [1.807, 2.05) is 20.8 Å². The summed E-state index contributed by atoms with van der Waals surface area (Å²) in [5.41, 5.74) is 0. The summed E-state index contributed by atoms with van der Waals surface area (Å²) in [6.45, 7) is 8.31. The lowest BCUT2D eigenvalue weighted by atomic mass is 9.98. The van der Waals surface area contributed by atoms with E-state index >= 15 is 0 Å². The molecule has 0 N–H and O–H groups in total. The fourth-order valence-electron chi connectivity index (χ4n) is 3.18. The van der Waals surface area contributed by atoms with Crippen molar-refractivity contribution in [2.45, 2.75) is 38.5 Å². The molecular weight excluding hydrogens is 340 g/mol. The number of hydrogen-bond donors (Lipinski definition) is 0. The van der Waals surface area contributed by atoms with Crippen LogP contribution in [0.4, 0.5) is 0 Å². The average molecular weight is 368 g/mol. The van der Waals surface area contributed by atoms with E-state index in [2.05, 4.69) is 0 Å². The quantitative estimate of drug-likeness (QED) is 0.741. The summed E-state index contributed by atoms with van der Waals surface area (Å²) in [5.74, 6) is 0.442. The highest BCUT2D eigenvalue weighted by atomic mass is 32.2. The maximum Gasteiger partial charge on any atom is 0.243 e. The number of amides is 1. The van der Waals surface area contributed by atoms with Gasteiger partial charge in [-0.15, -0.1) is 0 Å². The summed E-state index contributed by atoms with van der Waals surface area (Å²) in [4.78, 5) is 14.6. The number of piperidine rings is 1. The molecule has 0 bridgehead atoms. The van der Waals surface area contributed by atoms with Crippen molar-refractivity contribution in [3.8, 4) is 5.75 Å². The van der Waals surface area contributed by atoms with Crippen LogP contribution in [0.3, 0.4) is 0 Å². The SMILES string of the molecule is CCOc1ccc(S(=O)(=O)N2CCC[C@@H](C(=O)N(CC)CC)C2)cc1. The average Bonchev–Trinajstić information content (AvgIpc) is 2.63. The fourth-order valence-corrected chi connectivity index (χ4v) is 4.70. The van der Waals surface area contributed by atoms with Gasteiger partial charge < -0.3 is 9.64 Å². The Morgan fingerprint density at radius 3 is 2.40 bits per heavy atom. The number of benzene rings is 1. The Balaban J connectivity index is 2.14. The minimum Gasteiger partial charge on any atom is -0.494 e. The monoisotopic (exact) mass is 368 g/mol. The molecule has 1 saturated heterocycles. The standard InChI is InChI=1S/C18H28N2O4S/c1-4-19(5-2)18(21)15-8-7-13-20(14-15)25(22,23)17-11-9-16(10-12-17)24-6-3/h9-12,15H,4-8,13-14H2,1-3H3/t15-/m1/s1. The molecule has 1 fully saturated rings. The third-order valence-corrected chi connectivity index (χ3v) is 6.46. The van der Waals surface area contributed by atoms with Crippen molar-refractivity contribution >= 4 is 15.9 Å². The molecule has 0 unspecified atom stereocenters. The van der Waals surface area contributed by atoms with Crippen LogP contribution < -0.4 is 4.74 Å². The van der Waals surface area contributed by atoms with E-state index < -0.39 is 10.0 Å². The predicted molar refractivity (Wildman–Crippen MR) is 97.0 cm³/mol. The van der Waals surface area contributed by atoms with Gasteiger partial charge in [0.2, 0.25) is 15.9 Å². The lowest BCUT2D eigenvalue weighted by Crippen LogP contribution is -2.46. The first-order valence-corrected chi connectivity index (χ1v) is 10.4. The van der Waals surface area contributed by atoms with E-state index in [0.717, 1.165) is 6.42 Å². The highest BCUT2D eigenvalue weighted by Crippen LogP contribution is 2.26. The van der Waals surface area contributed by atoms with Crippen LogP contribution in [-0.2, 0) is 14.8 Å². The van der Waals surface area contributed by atoms with Crippen LogP contribution in [0.2, 0.25) is 0 Å². The van der Waals surface area contributed by atoms with Gasteiger partial charge in [0.1, 0.15) is 5.75 Å². The normalized spacial score (nSPS) is 18.8. The van der Waals surface area contributed by atoms with E-state index in [-0.39, 0.29) is 23.3 Å². The second-order valence-electron chi connectivity index (χ2n) is 6.12. The molecule has 1 aliphatic heterocycles. The smallest absolute Gasteiger partial charge is 0.243 e. The zero-order chi connectivity index (χ0) is 18.4. The van der Waals surface area contributed by atoms with E-state index in [9.17, 15) is 13.2 Å². The van der Waals surface area contributed by atoms with Gasteiger partial charge in [0.25, 0.3) is 0 Å². The van der Waals surface area contributed by atoms with Gasteiger partial charge in [-0.2, -0.15) is 4.31 Å². The fraction of sp³-hybridized carbons (Fsp3) is 0.611. The van der Waals surface area contributed by atoms with Crippen molar-refractivity contribution in [1.29, 1.82) is 0 Å². The predicted octanol–water partition coefficient (Wildman–Crippen LogP) is 2.35. The summed E-state index contributed by atoms with van der Waals surface area (Å²) in [6.07, 6.45) is 1.44. The minimum atomic E-state index is -3.59.